The predicted octanol–water partition coefficient (Wildman–Crippen LogP) is 0.543. The number of carbonyl (C=O) groups is 1. The fraction of sp³-hybridized carbons (Fsp3) is 0.778. The van der Waals surface area contributed by atoms with E-state index >= 15 is 0 Å². The summed E-state index contributed by atoms with van der Waals surface area (Å²) in [6, 6.07) is 0.394. The Morgan fingerprint density at radius 2 is 1.92 bits per heavy atom. The fourth-order valence-electron chi connectivity index (χ4n) is 2.59. The number of ether oxygens (including phenoxy) is 1. The van der Waals surface area contributed by atoms with Crippen LogP contribution in [-0.2, 0) is 9.53 Å². The van der Waals surface area contributed by atoms with E-state index < -0.39 is 0 Å². The first-order valence-electron chi connectivity index (χ1n) is 8.99. The minimum Gasteiger partial charge on any atom is -0.379 e. The third-order valence-corrected chi connectivity index (χ3v) is 4.19. The highest BCUT2D eigenvalue weighted by Crippen LogP contribution is 2.12. The van der Waals surface area contributed by atoms with Crippen molar-refractivity contribution >= 4 is 11.9 Å². The Balaban J connectivity index is 2.67. The zero-order valence-corrected chi connectivity index (χ0v) is 16.5. The predicted molar refractivity (Wildman–Crippen MR) is 103 cm³/mol. The highest BCUT2D eigenvalue weighted by atomic mass is 16.5. The Morgan fingerprint density at radius 3 is 2.44 bits per heavy atom. The molecule has 0 aromatic heterocycles. The molecule has 0 aliphatic carbocycles. The SMILES string of the molecule is C=C(C)CNC(=NCC(=O)N(C)C)NCC(C(C)C)N1CCOCC1. The van der Waals surface area contributed by atoms with Crippen LogP contribution < -0.4 is 10.6 Å². The van der Waals surface area contributed by atoms with Crippen molar-refractivity contribution in [2.45, 2.75) is 26.8 Å². The monoisotopic (exact) mass is 353 g/mol. The van der Waals surface area contributed by atoms with Crippen LogP contribution in [0, 0.1) is 5.92 Å². The Morgan fingerprint density at radius 1 is 1.28 bits per heavy atom. The van der Waals surface area contributed by atoms with Gasteiger partial charge in [-0.3, -0.25) is 9.69 Å². The van der Waals surface area contributed by atoms with E-state index in [0.29, 0.717) is 24.5 Å². The summed E-state index contributed by atoms with van der Waals surface area (Å²) in [6.45, 7) is 15.3. The highest BCUT2D eigenvalue weighted by Gasteiger charge is 2.23. The summed E-state index contributed by atoms with van der Waals surface area (Å²) in [7, 11) is 3.47. The number of aliphatic imine (C=N–C) groups is 1. The number of carbonyl (C=O) groups excluding carboxylic acids is 1. The Kier molecular flexibility index (Phi) is 9.52. The van der Waals surface area contributed by atoms with Crippen molar-refractivity contribution < 1.29 is 9.53 Å². The van der Waals surface area contributed by atoms with Gasteiger partial charge in [-0.05, 0) is 12.8 Å². The number of morpholine rings is 1. The zero-order chi connectivity index (χ0) is 18.8. The molecule has 1 saturated heterocycles. The molecule has 1 rings (SSSR count). The van der Waals surface area contributed by atoms with Crippen LogP contribution in [0.3, 0.4) is 0 Å². The molecule has 1 fully saturated rings. The average molecular weight is 354 g/mol. The van der Waals surface area contributed by atoms with Crippen LogP contribution >= 0.6 is 0 Å². The molecular weight excluding hydrogens is 318 g/mol. The van der Waals surface area contributed by atoms with Gasteiger partial charge in [0, 0.05) is 46.3 Å². The maximum absolute atomic E-state index is 11.8. The van der Waals surface area contributed by atoms with Crippen LogP contribution in [0.2, 0.25) is 0 Å². The van der Waals surface area contributed by atoms with Gasteiger partial charge in [0.25, 0.3) is 0 Å². The lowest BCUT2D eigenvalue weighted by Crippen LogP contribution is -2.52. The molecule has 1 amide bonds. The molecule has 1 unspecified atom stereocenters. The molecule has 0 bridgehead atoms. The van der Waals surface area contributed by atoms with Gasteiger partial charge in [0.15, 0.2) is 5.96 Å². The topological polar surface area (TPSA) is 69.2 Å². The minimum absolute atomic E-state index is 0.0231. The summed E-state index contributed by atoms with van der Waals surface area (Å²) in [5.74, 6) is 1.14. The van der Waals surface area contributed by atoms with E-state index in [-0.39, 0.29) is 12.5 Å². The third-order valence-electron chi connectivity index (χ3n) is 4.19. The molecule has 0 saturated carbocycles. The first-order chi connectivity index (χ1) is 11.8. The molecular formula is C18H35N5O2. The molecule has 144 valence electrons. The standard InChI is InChI=1S/C18H35N5O2/c1-14(2)11-19-18(21-13-17(24)22(5)6)20-12-16(15(3)4)23-7-9-25-10-8-23/h15-16H,1,7-13H2,2-6H3,(H2,19,20,21). The summed E-state index contributed by atoms with van der Waals surface area (Å²) >= 11 is 0. The first-order valence-corrected chi connectivity index (χ1v) is 8.99. The van der Waals surface area contributed by atoms with Crippen molar-refractivity contribution in [2.75, 3.05) is 60.0 Å². The van der Waals surface area contributed by atoms with Gasteiger partial charge in [-0.1, -0.05) is 26.0 Å². The lowest BCUT2D eigenvalue weighted by atomic mass is 10.0. The number of likely N-dealkylation sites (N-methyl/N-ethyl adjacent to an activating group) is 1. The number of rotatable bonds is 8. The van der Waals surface area contributed by atoms with Crippen molar-refractivity contribution in [1.29, 1.82) is 0 Å². The molecule has 0 aromatic rings. The van der Waals surface area contributed by atoms with E-state index in [1.807, 2.05) is 6.92 Å². The van der Waals surface area contributed by atoms with Crippen LogP contribution in [0.5, 0.6) is 0 Å². The number of hydrogen-bond acceptors (Lipinski definition) is 4. The molecule has 0 radical (unpaired) electrons. The summed E-state index contributed by atoms with van der Waals surface area (Å²) in [5.41, 5.74) is 1.02. The van der Waals surface area contributed by atoms with E-state index in [2.05, 4.69) is 41.0 Å². The molecule has 1 heterocycles. The second-order valence-corrected chi connectivity index (χ2v) is 7.10. The van der Waals surface area contributed by atoms with E-state index in [0.717, 1.165) is 38.4 Å². The van der Waals surface area contributed by atoms with Gasteiger partial charge in [-0.25, -0.2) is 4.99 Å². The van der Waals surface area contributed by atoms with Crippen molar-refractivity contribution in [3.05, 3.63) is 12.2 Å². The molecule has 7 nitrogen and oxygen atoms in total. The van der Waals surface area contributed by atoms with Gasteiger partial charge in [0.05, 0.1) is 13.2 Å². The summed E-state index contributed by atoms with van der Waals surface area (Å²) in [6.07, 6.45) is 0. The van der Waals surface area contributed by atoms with Gasteiger partial charge in [-0.2, -0.15) is 0 Å². The van der Waals surface area contributed by atoms with Crippen molar-refractivity contribution in [2.24, 2.45) is 10.9 Å². The van der Waals surface area contributed by atoms with Crippen LogP contribution in [-0.4, -0.2) is 87.7 Å². The second kappa shape index (κ2) is 11.1. The third kappa shape index (κ3) is 8.36. The average Bonchev–Trinajstić information content (AvgIpc) is 2.56. The van der Waals surface area contributed by atoms with E-state index in [9.17, 15) is 4.79 Å². The Labute approximate surface area is 152 Å². The summed E-state index contributed by atoms with van der Waals surface area (Å²) in [5, 5.41) is 6.63. The van der Waals surface area contributed by atoms with Crippen molar-refractivity contribution in [3.8, 4) is 0 Å². The quantitative estimate of drug-likeness (QED) is 0.379. The van der Waals surface area contributed by atoms with Crippen molar-refractivity contribution in [1.82, 2.24) is 20.4 Å². The van der Waals surface area contributed by atoms with Crippen LogP contribution in [0.4, 0.5) is 0 Å². The molecule has 0 aromatic carbocycles. The molecule has 2 N–H and O–H groups in total. The smallest absolute Gasteiger partial charge is 0.243 e. The van der Waals surface area contributed by atoms with E-state index in [1.54, 1.807) is 19.0 Å². The van der Waals surface area contributed by atoms with Gasteiger partial charge in [0.1, 0.15) is 6.54 Å². The molecule has 1 aliphatic heterocycles. The maximum Gasteiger partial charge on any atom is 0.243 e. The molecule has 1 atom stereocenters. The summed E-state index contributed by atoms with van der Waals surface area (Å²) < 4.78 is 5.46. The highest BCUT2D eigenvalue weighted by molar-refractivity contribution is 5.84. The molecule has 0 spiro atoms. The number of hydrogen-bond donors (Lipinski definition) is 2. The first kappa shape index (κ1) is 21.4. The molecule has 7 heteroatoms. The Hall–Kier alpha value is -1.60. The lowest BCUT2D eigenvalue weighted by molar-refractivity contribution is -0.127. The maximum atomic E-state index is 11.8. The minimum atomic E-state index is -0.0231. The zero-order valence-electron chi connectivity index (χ0n) is 16.5. The largest absolute Gasteiger partial charge is 0.379 e. The lowest BCUT2D eigenvalue weighted by Gasteiger charge is -2.37. The number of amides is 1. The van der Waals surface area contributed by atoms with Crippen molar-refractivity contribution in [3.63, 3.8) is 0 Å². The van der Waals surface area contributed by atoms with Crippen LogP contribution in [0.25, 0.3) is 0 Å². The second-order valence-electron chi connectivity index (χ2n) is 7.10. The molecule has 1 aliphatic rings. The van der Waals surface area contributed by atoms with Gasteiger partial charge in [-0.15, -0.1) is 0 Å². The fourth-order valence-corrected chi connectivity index (χ4v) is 2.59. The normalized spacial score (nSPS) is 17.3. The van der Waals surface area contributed by atoms with Gasteiger partial charge in [0.2, 0.25) is 5.91 Å². The molecule has 25 heavy (non-hydrogen) atoms. The Bertz CT molecular complexity index is 456. The number of guanidine groups is 1. The number of nitrogens with zero attached hydrogens (tertiary/aromatic N) is 3. The van der Waals surface area contributed by atoms with Gasteiger partial charge < -0.3 is 20.3 Å². The van der Waals surface area contributed by atoms with Crippen LogP contribution in [0.1, 0.15) is 20.8 Å². The summed E-state index contributed by atoms with van der Waals surface area (Å²) in [4.78, 5) is 20.2. The van der Waals surface area contributed by atoms with Gasteiger partial charge >= 0.3 is 0 Å². The van der Waals surface area contributed by atoms with Crippen LogP contribution in [0.15, 0.2) is 17.1 Å². The van der Waals surface area contributed by atoms with E-state index in [1.165, 1.54) is 0 Å². The van der Waals surface area contributed by atoms with E-state index in [4.69, 9.17) is 4.74 Å². The number of nitrogens with one attached hydrogen (secondary N) is 2.